The molecule has 0 spiro atoms. The molecule has 3 heteroatoms. The molecule has 1 aliphatic rings. The lowest BCUT2D eigenvalue weighted by Crippen LogP contribution is -2.15. The molecular formula is C49H32N2O. The zero-order valence-corrected chi connectivity index (χ0v) is 28.8. The Morgan fingerprint density at radius 1 is 0.500 bits per heavy atom. The fourth-order valence-corrected chi connectivity index (χ4v) is 8.75. The number of nitrogens with zero attached hydrogens (tertiary/aromatic N) is 2. The number of hydrogen-bond donors (Lipinski definition) is 0. The van der Waals surface area contributed by atoms with E-state index in [0.29, 0.717) is 0 Å². The maximum Gasteiger partial charge on any atom is 0.144 e. The molecule has 0 bridgehead atoms. The Labute approximate surface area is 300 Å². The SMILES string of the molecule is CC1(C)c2ccccc2-c2c1cc(-c1ccc(-c3ccc(-c4ccc5ccc6cccnc6c5n4)cc3)c3ccccc13)c1c2oc2ccccc21. The van der Waals surface area contributed by atoms with Gasteiger partial charge in [-0.25, -0.2) is 4.98 Å². The van der Waals surface area contributed by atoms with Gasteiger partial charge in [-0.1, -0.05) is 141 Å². The van der Waals surface area contributed by atoms with Gasteiger partial charge in [0.05, 0.1) is 16.7 Å². The maximum atomic E-state index is 6.80. The van der Waals surface area contributed by atoms with Crippen LogP contribution in [0.25, 0.3) is 99.2 Å². The van der Waals surface area contributed by atoms with Crippen LogP contribution in [0, 0.1) is 0 Å². The minimum absolute atomic E-state index is 0.158. The first-order valence-corrected chi connectivity index (χ1v) is 17.9. The zero-order chi connectivity index (χ0) is 34.6. The van der Waals surface area contributed by atoms with Gasteiger partial charge >= 0.3 is 0 Å². The highest BCUT2D eigenvalue weighted by atomic mass is 16.3. The van der Waals surface area contributed by atoms with Crippen LogP contribution in [0.15, 0.2) is 162 Å². The highest BCUT2D eigenvalue weighted by molar-refractivity contribution is 6.20. The first-order valence-electron chi connectivity index (χ1n) is 17.9. The molecule has 0 radical (unpaired) electrons. The third-order valence-electron chi connectivity index (χ3n) is 11.3. The summed E-state index contributed by atoms with van der Waals surface area (Å²) in [7, 11) is 0. The summed E-state index contributed by atoms with van der Waals surface area (Å²) in [6, 6.07) is 54.5. The van der Waals surface area contributed by atoms with Crippen molar-refractivity contribution < 1.29 is 4.42 Å². The van der Waals surface area contributed by atoms with E-state index in [9.17, 15) is 0 Å². The van der Waals surface area contributed by atoms with E-state index in [-0.39, 0.29) is 5.41 Å². The molecule has 7 aromatic carbocycles. The molecule has 0 unspecified atom stereocenters. The third-order valence-corrected chi connectivity index (χ3v) is 11.3. The molecule has 3 aromatic heterocycles. The van der Waals surface area contributed by atoms with E-state index in [0.717, 1.165) is 49.6 Å². The molecule has 0 atom stereocenters. The Bertz CT molecular complexity index is 3090. The lowest BCUT2D eigenvalue weighted by atomic mass is 9.80. The standard InChI is InChI=1S/C49H32N2O/c1-49(2)40-15-7-5-13-37(40)45-41(49)28-39(44-38-14-6-8-16-43(38)52-48(44)45)36-25-24-33(34-11-3-4-12-35(34)36)29-17-19-30(20-18-29)42-26-23-32-22-21-31-10-9-27-50-46(31)47(32)51-42/h3-28H,1-2H3. The van der Waals surface area contributed by atoms with E-state index in [1.165, 1.54) is 60.7 Å². The van der Waals surface area contributed by atoms with Gasteiger partial charge in [-0.2, -0.15) is 0 Å². The van der Waals surface area contributed by atoms with Gasteiger partial charge in [0.25, 0.3) is 0 Å². The zero-order valence-electron chi connectivity index (χ0n) is 28.8. The number of para-hydroxylation sites is 1. The number of rotatable bonds is 3. The molecule has 0 N–H and O–H groups in total. The summed E-state index contributed by atoms with van der Waals surface area (Å²) in [5, 5.41) is 6.95. The molecule has 244 valence electrons. The lowest BCUT2D eigenvalue weighted by molar-refractivity contribution is 0.653. The summed E-state index contributed by atoms with van der Waals surface area (Å²) in [5.41, 5.74) is 15.6. The molecule has 0 fully saturated rings. The third kappa shape index (κ3) is 4.08. The first kappa shape index (κ1) is 29.2. The van der Waals surface area contributed by atoms with E-state index >= 15 is 0 Å². The van der Waals surface area contributed by atoms with Crippen LogP contribution >= 0.6 is 0 Å². The van der Waals surface area contributed by atoms with Crippen molar-refractivity contribution in [3.63, 3.8) is 0 Å². The minimum Gasteiger partial charge on any atom is -0.455 e. The average molecular weight is 665 g/mol. The van der Waals surface area contributed by atoms with Gasteiger partial charge in [0.2, 0.25) is 0 Å². The van der Waals surface area contributed by atoms with E-state index in [1.807, 2.05) is 12.3 Å². The number of hydrogen-bond acceptors (Lipinski definition) is 3. The summed E-state index contributed by atoms with van der Waals surface area (Å²) in [6.07, 6.45) is 1.84. The maximum absolute atomic E-state index is 6.80. The molecule has 10 aromatic rings. The second-order valence-corrected chi connectivity index (χ2v) is 14.5. The highest BCUT2D eigenvalue weighted by Gasteiger charge is 2.38. The Balaban J connectivity index is 1.08. The van der Waals surface area contributed by atoms with Crippen LogP contribution in [0.1, 0.15) is 25.0 Å². The normalized spacial score (nSPS) is 13.3. The molecule has 52 heavy (non-hydrogen) atoms. The fourth-order valence-electron chi connectivity index (χ4n) is 8.75. The Morgan fingerprint density at radius 2 is 1.17 bits per heavy atom. The Hall–Kier alpha value is -6.58. The van der Waals surface area contributed by atoms with Gasteiger partial charge in [0.1, 0.15) is 11.2 Å². The molecule has 0 saturated carbocycles. The molecular weight excluding hydrogens is 633 g/mol. The van der Waals surface area contributed by atoms with Crippen molar-refractivity contribution in [2.75, 3.05) is 0 Å². The molecule has 3 nitrogen and oxygen atoms in total. The summed E-state index contributed by atoms with van der Waals surface area (Å²) in [5.74, 6) is 0. The van der Waals surface area contributed by atoms with Crippen LogP contribution in [0.3, 0.4) is 0 Å². The number of furan rings is 1. The van der Waals surface area contributed by atoms with Crippen molar-refractivity contribution in [1.29, 1.82) is 0 Å². The van der Waals surface area contributed by atoms with E-state index in [2.05, 4.69) is 164 Å². The van der Waals surface area contributed by atoms with Crippen molar-refractivity contribution in [3.8, 4) is 44.6 Å². The molecule has 1 aliphatic carbocycles. The van der Waals surface area contributed by atoms with Gasteiger partial charge in [-0.05, 0) is 74.0 Å². The van der Waals surface area contributed by atoms with Crippen molar-refractivity contribution in [1.82, 2.24) is 9.97 Å². The first-order chi connectivity index (χ1) is 25.5. The van der Waals surface area contributed by atoms with Gasteiger partial charge in [0.15, 0.2) is 0 Å². The average Bonchev–Trinajstić information content (AvgIpc) is 3.69. The Morgan fingerprint density at radius 3 is 2.02 bits per heavy atom. The molecule has 0 amide bonds. The summed E-state index contributed by atoms with van der Waals surface area (Å²) >= 11 is 0. The van der Waals surface area contributed by atoms with Crippen LogP contribution in [0.2, 0.25) is 0 Å². The van der Waals surface area contributed by atoms with Crippen molar-refractivity contribution >= 4 is 54.5 Å². The summed E-state index contributed by atoms with van der Waals surface area (Å²) < 4.78 is 6.80. The monoisotopic (exact) mass is 664 g/mol. The number of benzene rings is 7. The van der Waals surface area contributed by atoms with Gasteiger partial charge in [-0.15, -0.1) is 0 Å². The van der Waals surface area contributed by atoms with Crippen molar-refractivity contribution in [3.05, 3.63) is 169 Å². The number of fused-ring (bicyclic) bond motifs is 11. The topological polar surface area (TPSA) is 38.9 Å². The van der Waals surface area contributed by atoms with Crippen LogP contribution in [0.4, 0.5) is 0 Å². The minimum atomic E-state index is -0.158. The highest BCUT2D eigenvalue weighted by Crippen LogP contribution is 2.55. The van der Waals surface area contributed by atoms with E-state index in [1.54, 1.807) is 0 Å². The van der Waals surface area contributed by atoms with Crippen molar-refractivity contribution in [2.45, 2.75) is 19.3 Å². The fraction of sp³-hybridized carbons (Fsp3) is 0.0612. The van der Waals surface area contributed by atoms with Crippen LogP contribution < -0.4 is 0 Å². The summed E-state index contributed by atoms with van der Waals surface area (Å²) in [4.78, 5) is 9.74. The predicted molar refractivity (Wildman–Crippen MR) is 216 cm³/mol. The second-order valence-electron chi connectivity index (χ2n) is 14.5. The smallest absolute Gasteiger partial charge is 0.144 e. The number of pyridine rings is 2. The Kier molecular flexibility index (Phi) is 6.01. The van der Waals surface area contributed by atoms with Gasteiger partial charge < -0.3 is 4.42 Å². The molecule has 3 heterocycles. The van der Waals surface area contributed by atoms with Gasteiger partial charge in [-0.3, -0.25) is 4.98 Å². The number of aromatic nitrogens is 2. The van der Waals surface area contributed by atoms with E-state index in [4.69, 9.17) is 9.40 Å². The lowest BCUT2D eigenvalue weighted by Gasteiger charge is -2.22. The van der Waals surface area contributed by atoms with Crippen LogP contribution in [-0.2, 0) is 5.41 Å². The largest absolute Gasteiger partial charge is 0.455 e. The van der Waals surface area contributed by atoms with Crippen LogP contribution in [0.5, 0.6) is 0 Å². The molecule has 11 rings (SSSR count). The predicted octanol–water partition coefficient (Wildman–Crippen LogP) is 13.1. The summed E-state index contributed by atoms with van der Waals surface area (Å²) in [6.45, 7) is 4.68. The second kappa shape index (κ2) is 10.7. The van der Waals surface area contributed by atoms with Gasteiger partial charge in [0, 0.05) is 44.3 Å². The van der Waals surface area contributed by atoms with Crippen molar-refractivity contribution in [2.24, 2.45) is 0 Å². The molecule has 0 aliphatic heterocycles. The van der Waals surface area contributed by atoms with E-state index < -0.39 is 0 Å². The molecule has 0 saturated heterocycles. The van der Waals surface area contributed by atoms with Crippen LogP contribution in [-0.4, -0.2) is 9.97 Å². The quantitative estimate of drug-likeness (QED) is 0.176.